The Morgan fingerprint density at radius 2 is 1.53 bits per heavy atom. The van der Waals surface area contributed by atoms with E-state index in [1.165, 1.54) is 7.17 Å². The topological polar surface area (TPSA) is 40.5 Å². The monoisotopic (exact) mass is 213 g/mol. The van der Waals surface area contributed by atoms with Crippen molar-refractivity contribution in [2.45, 2.75) is 13.8 Å². The summed E-state index contributed by atoms with van der Waals surface area (Å²) < 4.78 is 0. The number of rotatable bonds is 3. The summed E-state index contributed by atoms with van der Waals surface area (Å²) in [6.45, 7) is 2.79. The van der Waals surface area contributed by atoms with Gasteiger partial charge in [-0.25, -0.2) is 0 Å². The SMILES string of the molecule is [B][B]c1c([B])c(B(O)O)c(C)c(C)c1B([B])[B]. The molecule has 17 heavy (non-hydrogen) atoms. The van der Waals surface area contributed by atoms with Gasteiger partial charge in [0.25, 0.3) is 0 Å². The van der Waals surface area contributed by atoms with E-state index in [2.05, 4.69) is 0 Å². The van der Waals surface area contributed by atoms with Gasteiger partial charge in [0.15, 0.2) is 0 Å². The summed E-state index contributed by atoms with van der Waals surface area (Å²) in [5.74, 6) is 0. The summed E-state index contributed by atoms with van der Waals surface area (Å²) in [5, 5.41) is 18.6. The van der Waals surface area contributed by atoms with Crippen molar-refractivity contribution in [3.8, 4) is 0 Å². The highest BCUT2D eigenvalue weighted by atomic mass is 16.4. The minimum atomic E-state index is -1.66. The molecule has 1 aromatic carbocycles. The minimum absolute atomic E-state index is 0.196. The van der Waals surface area contributed by atoms with E-state index < -0.39 is 13.6 Å². The van der Waals surface area contributed by atoms with Crippen LogP contribution in [0, 0.1) is 13.8 Å². The highest BCUT2D eigenvalue weighted by Gasteiger charge is 2.23. The zero-order chi connectivity index (χ0) is 13.3. The molecule has 0 aliphatic rings. The highest BCUT2D eigenvalue weighted by molar-refractivity contribution is 7.36. The minimum Gasteiger partial charge on any atom is -0.423 e. The van der Waals surface area contributed by atoms with E-state index in [0.29, 0.717) is 16.5 Å². The van der Waals surface area contributed by atoms with Crippen LogP contribution in [0.4, 0.5) is 0 Å². The van der Waals surface area contributed by atoms with Gasteiger partial charge in [0.2, 0.25) is 0 Å². The van der Waals surface area contributed by atoms with Crippen LogP contribution in [0.1, 0.15) is 11.1 Å². The van der Waals surface area contributed by atoms with E-state index in [1.807, 2.05) is 0 Å². The van der Waals surface area contributed by atoms with Crippen LogP contribution >= 0.6 is 0 Å². The first-order chi connectivity index (χ1) is 7.82. The molecular formula is C8H8B7O2. The van der Waals surface area contributed by atoms with Crippen LogP contribution in [0.3, 0.4) is 0 Å². The predicted molar refractivity (Wildman–Crippen MR) is 79.2 cm³/mol. The second-order valence-electron chi connectivity index (χ2n) is 3.97. The molecule has 9 radical (unpaired) electrons. The molecule has 2 nitrogen and oxygen atoms in total. The van der Waals surface area contributed by atoms with Crippen molar-refractivity contribution in [2.24, 2.45) is 0 Å². The molecule has 0 aromatic heterocycles. The van der Waals surface area contributed by atoms with Gasteiger partial charge in [0.05, 0.1) is 13.7 Å². The Labute approximate surface area is 109 Å². The lowest BCUT2D eigenvalue weighted by Crippen LogP contribution is -2.61. The number of benzene rings is 1. The van der Waals surface area contributed by atoms with Gasteiger partial charge < -0.3 is 10.0 Å². The Kier molecular flexibility index (Phi) is 4.73. The van der Waals surface area contributed by atoms with Crippen molar-refractivity contribution < 1.29 is 10.0 Å². The quantitative estimate of drug-likeness (QED) is 0.493. The van der Waals surface area contributed by atoms with Crippen LogP contribution < -0.4 is 21.9 Å². The molecule has 0 saturated heterocycles. The average Bonchev–Trinajstić information content (AvgIpc) is 2.22. The smallest absolute Gasteiger partial charge is 0.423 e. The molecule has 0 unspecified atom stereocenters. The average molecular weight is 212 g/mol. The lowest BCUT2D eigenvalue weighted by molar-refractivity contribution is 0.426. The van der Waals surface area contributed by atoms with Crippen molar-refractivity contribution in [3.63, 3.8) is 0 Å². The van der Waals surface area contributed by atoms with Crippen LogP contribution in [0.2, 0.25) is 0 Å². The molecule has 0 fully saturated rings. The maximum atomic E-state index is 9.32. The third kappa shape index (κ3) is 2.55. The maximum Gasteiger partial charge on any atom is 0.488 e. The Balaban J connectivity index is 3.68. The van der Waals surface area contributed by atoms with Crippen LogP contribution in [0.5, 0.6) is 0 Å². The molecule has 0 aliphatic carbocycles. The zero-order valence-corrected chi connectivity index (χ0v) is 9.94. The molecule has 1 rings (SSSR count). The fourth-order valence-corrected chi connectivity index (χ4v) is 2.04. The van der Waals surface area contributed by atoms with Gasteiger partial charge in [0, 0.05) is 23.2 Å². The van der Waals surface area contributed by atoms with Gasteiger partial charge in [-0.1, -0.05) is 5.56 Å². The number of hydrogen-bond donors (Lipinski definition) is 2. The Bertz CT molecular complexity index is 433. The Morgan fingerprint density at radius 1 is 1.06 bits per heavy atom. The standard InChI is InChI=1S/C8H8B7O2/c1-3-4(2)8(14(11)12)6(13-10)5(9)7(3)15(16)17/h16-17H,1-2H3. The summed E-state index contributed by atoms with van der Waals surface area (Å²) in [6, 6.07) is 0. The van der Waals surface area contributed by atoms with E-state index in [-0.39, 0.29) is 10.9 Å². The van der Waals surface area contributed by atoms with Crippen LogP contribution in [-0.4, -0.2) is 61.9 Å². The lowest BCUT2D eigenvalue weighted by atomic mass is 9.14. The summed E-state index contributed by atoms with van der Waals surface area (Å²) in [4.78, 5) is 0. The van der Waals surface area contributed by atoms with Crippen LogP contribution in [0.25, 0.3) is 0 Å². The van der Waals surface area contributed by atoms with Crippen LogP contribution in [0.15, 0.2) is 0 Å². The van der Waals surface area contributed by atoms with E-state index in [4.69, 9.17) is 31.1 Å². The normalized spacial score (nSPS) is 10.1. The van der Waals surface area contributed by atoms with E-state index in [1.54, 1.807) is 13.8 Å². The third-order valence-electron chi connectivity index (χ3n) is 3.00. The van der Waals surface area contributed by atoms with Crippen molar-refractivity contribution in [1.29, 1.82) is 0 Å². The second-order valence-corrected chi connectivity index (χ2v) is 3.97. The van der Waals surface area contributed by atoms with Crippen molar-refractivity contribution >= 4 is 73.7 Å². The lowest BCUT2D eigenvalue weighted by Gasteiger charge is -2.24. The Hall–Kier alpha value is -0.405. The second kappa shape index (κ2) is 5.49. The van der Waals surface area contributed by atoms with Gasteiger partial charge >= 0.3 is 7.12 Å². The summed E-state index contributed by atoms with van der Waals surface area (Å²) >= 11 is 0. The molecule has 73 valence electrons. The molecule has 0 aliphatic heterocycles. The fourth-order valence-electron chi connectivity index (χ4n) is 2.04. The van der Waals surface area contributed by atoms with Gasteiger partial charge in [0.1, 0.15) is 7.85 Å². The molecule has 0 atom stereocenters. The molecule has 2 N–H and O–H groups in total. The fraction of sp³-hybridized carbons (Fsp3) is 0.250. The van der Waals surface area contributed by atoms with Gasteiger partial charge in [-0.15, -0.1) is 16.4 Å². The highest BCUT2D eigenvalue weighted by Crippen LogP contribution is 1.99. The first kappa shape index (κ1) is 14.7. The van der Waals surface area contributed by atoms with Gasteiger partial charge in [-0.3, -0.25) is 0 Å². The van der Waals surface area contributed by atoms with E-state index >= 15 is 0 Å². The van der Waals surface area contributed by atoms with Gasteiger partial charge in [-0.2, -0.15) is 0 Å². The maximum absolute atomic E-state index is 9.32. The molecule has 0 spiro atoms. The predicted octanol–water partition coefficient (Wildman–Crippen LogP) is -4.78. The number of hydrogen-bond acceptors (Lipinski definition) is 2. The molecule has 0 bridgehead atoms. The molecule has 1 aromatic rings. The van der Waals surface area contributed by atoms with Crippen molar-refractivity contribution in [2.75, 3.05) is 0 Å². The molecule has 9 heteroatoms. The Morgan fingerprint density at radius 3 is 1.88 bits per heavy atom. The summed E-state index contributed by atoms with van der Waals surface area (Å²) in [5.41, 5.74) is 2.91. The zero-order valence-electron chi connectivity index (χ0n) is 9.94. The summed E-state index contributed by atoms with van der Waals surface area (Å²) in [7, 11) is 22.3. The van der Waals surface area contributed by atoms with Crippen molar-refractivity contribution in [1.82, 2.24) is 0 Å². The van der Waals surface area contributed by atoms with Gasteiger partial charge in [-0.05, 0) is 24.9 Å². The first-order valence-electron chi connectivity index (χ1n) is 5.17. The van der Waals surface area contributed by atoms with Crippen LogP contribution in [-0.2, 0) is 0 Å². The largest absolute Gasteiger partial charge is 0.488 e. The molecule has 0 saturated carbocycles. The summed E-state index contributed by atoms with van der Waals surface area (Å²) in [6.07, 6.45) is 0. The third-order valence-corrected chi connectivity index (χ3v) is 3.00. The van der Waals surface area contributed by atoms with E-state index in [0.717, 1.165) is 5.56 Å². The van der Waals surface area contributed by atoms with Crippen molar-refractivity contribution in [3.05, 3.63) is 11.1 Å². The molecule has 0 heterocycles. The molecular weight excluding hydrogens is 204 g/mol. The van der Waals surface area contributed by atoms with E-state index in [9.17, 15) is 10.0 Å². The first-order valence-corrected chi connectivity index (χ1v) is 5.17. The molecule has 0 amide bonds.